The molecule has 0 bridgehead atoms. The fraction of sp³-hybridized carbons (Fsp3) is 0.304. The number of hydrogen-bond donors (Lipinski definition) is 1. The van der Waals surface area contributed by atoms with Crippen LogP contribution in [0.2, 0.25) is 5.15 Å². The number of amides is 2. The quantitative estimate of drug-likeness (QED) is 0.505. The molecule has 1 N–H and O–H groups in total. The van der Waals surface area contributed by atoms with Gasteiger partial charge in [-0.25, -0.2) is 9.78 Å². The summed E-state index contributed by atoms with van der Waals surface area (Å²) in [6.07, 6.45) is 0. The van der Waals surface area contributed by atoms with E-state index in [-0.39, 0.29) is 6.03 Å². The molecule has 1 aromatic heterocycles. The Bertz CT molecular complexity index is 982. The maximum atomic E-state index is 12.8. The minimum atomic E-state index is -0.185. The number of ether oxygens (including phenoxy) is 2. The van der Waals surface area contributed by atoms with Gasteiger partial charge in [-0.05, 0) is 36.8 Å². The zero-order valence-corrected chi connectivity index (χ0v) is 18.0. The van der Waals surface area contributed by atoms with Gasteiger partial charge in [0.25, 0.3) is 0 Å². The Hall–Kier alpha value is -2.83. The molecule has 0 atom stereocenters. The van der Waals surface area contributed by atoms with E-state index in [1.54, 1.807) is 12.0 Å². The largest absolute Gasteiger partial charge is 0.494 e. The van der Waals surface area contributed by atoms with Crippen molar-refractivity contribution < 1.29 is 14.3 Å². The monoisotopic (exact) mass is 427 g/mol. The molecule has 1 heterocycles. The predicted molar refractivity (Wildman–Crippen MR) is 119 cm³/mol. The van der Waals surface area contributed by atoms with Crippen LogP contribution in [0.5, 0.6) is 5.75 Å². The summed E-state index contributed by atoms with van der Waals surface area (Å²) < 4.78 is 10.8. The molecule has 30 heavy (non-hydrogen) atoms. The number of carbonyl (C=O) groups is 1. The fourth-order valence-corrected chi connectivity index (χ4v) is 3.29. The number of fused-ring (bicyclic) bond motifs is 1. The molecule has 0 radical (unpaired) electrons. The van der Waals surface area contributed by atoms with Crippen LogP contribution in [-0.4, -0.2) is 42.8 Å². The van der Waals surface area contributed by atoms with Gasteiger partial charge < -0.3 is 19.7 Å². The first kappa shape index (κ1) is 21.9. The van der Waals surface area contributed by atoms with Crippen LogP contribution in [0.15, 0.2) is 54.6 Å². The van der Waals surface area contributed by atoms with Crippen LogP contribution in [0.1, 0.15) is 18.1 Å². The van der Waals surface area contributed by atoms with Gasteiger partial charge in [-0.1, -0.05) is 41.9 Å². The highest BCUT2D eigenvalue weighted by atomic mass is 35.5. The Labute approximate surface area is 181 Å². The minimum Gasteiger partial charge on any atom is -0.494 e. The van der Waals surface area contributed by atoms with Gasteiger partial charge in [-0.3, -0.25) is 0 Å². The maximum absolute atomic E-state index is 12.8. The average molecular weight is 428 g/mol. The second-order valence-electron chi connectivity index (χ2n) is 6.78. The molecule has 0 saturated heterocycles. The summed E-state index contributed by atoms with van der Waals surface area (Å²) in [6.45, 7) is 4.16. The van der Waals surface area contributed by atoms with E-state index in [0.29, 0.717) is 38.0 Å². The minimum absolute atomic E-state index is 0.185. The van der Waals surface area contributed by atoms with Gasteiger partial charge in [-0.2, -0.15) is 0 Å². The summed E-state index contributed by atoms with van der Waals surface area (Å²) >= 11 is 6.43. The highest BCUT2D eigenvalue weighted by Gasteiger charge is 2.16. The Morgan fingerprint density at radius 2 is 1.97 bits per heavy atom. The number of rotatable bonds is 9. The molecule has 0 aliphatic heterocycles. The molecule has 0 fully saturated rings. The highest BCUT2D eigenvalue weighted by Crippen LogP contribution is 2.25. The lowest BCUT2D eigenvalue weighted by molar-refractivity contribution is 0.146. The Balaban J connectivity index is 1.77. The van der Waals surface area contributed by atoms with Crippen LogP contribution in [0.4, 0.5) is 4.79 Å². The van der Waals surface area contributed by atoms with Crippen molar-refractivity contribution in [3.05, 3.63) is 70.9 Å². The second kappa shape index (κ2) is 10.8. The van der Waals surface area contributed by atoms with Gasteiger partial charge in [0.05, 0.1) is 25.3 Å². The topological polar surface area (TPSA) is 63.7 Å². The van der Waals surface area contributed by atoms with Crippen molar-refractivity contribution in [1.29, 1.82) is 0 Å². The number of benzene rings is 2. The van der Waals surface area contributed by atoms with E-state index in [1.165, 1.54) is 0 Å². The number of pyridine rings is 1. The van der Waals surface area contributed by atoms with Crippen LogP contribution in [-0.2, 0) is 17.8 Å². The van der Waals surface area contributed by atoms with Crippen LogP contribution >= 0.6 is 11.6 Å². The summed E-state index contributed by atoms with van der Waals surface area (Å²) in [5.41, 5.74) is 2.58. The number of aromatic nitrogens is 1. The summed E-state index contributed by atoms with van der Waals surface area (Å²) in [7, 11) is 1.61. The van der Waals surface area contributed by atoms with Gasteiger partial charge >= 0.3 is 6.03 Å². The molecule has 6 nitrogen and oxygen atoms in total. The van der Waals surface area contributed by atoms with Gasteiger partial charge in [0, 0.05) is 31.1 Å². The van der Waals surface area contributed by atoms with Gasteiger partial charge in [0.15, 0.2) is 0 Å². The maximum Gasteiger partial charge on any atom is 0.318 e. The molecule has 3 rings (SSSR count). The number of hydrogen-bond acceptors (Lipinski definition) is 4. The fourth-order valence-electron chi connectivity index (χ4n) is 3.09. The summed E-state index contributed by atoms with van der Waals surface area (Å²) in [5, 5.41) is 4.25. The van der Waals surface area contributed by atoms with E-state index in [0.717, 1.165) is 27.8 Å². The zero-order valence-electron chi connectivity index (χ0n) is 17.2. The summed E-state index contributed by atoms with van der Waals surface area (Å²) in [4.78, 5) is 19.0. The number of methoxy groups -OCH3 is 1. The smallest absolute Gasteiger partial charge is 0.318 e. The average Bonchev–Trinajstić information content (AvgIpc) is 2.76. The van der Waals surface area contributed by atoms with Gasteiger partial charge in [-0.15, -0.1) is 0 Å². The zero-order chi connectivity index (χ0) is 21.3. The Morgan fingerprint density at radius 3 is 2.70 bits per heavy atom. The molecular formula is C23H26ClN3O3. The third-order valence-corrected chi connectivity index (χ3v) is 4.95. The van der Waals surface area contributed by atoms with E-state index in [9.17, 15) is 4.79 Å². The van der Waals surface area contributed by atoms with E-state index in [1.807, 2.05) is 61.5 Å². The van der Waals surface area contributed by atoms with Crippen molar-refractivity contribution in [3.63, 3.8) is 0 Å². The molecule has 0 spiro atoms. The third-order valence-electron chi connectivity index (χ3n) is 4.62. The lowest BCUT2D eigenvalue weighted by atomic mass is 10.1. The van der Waals surface area contributed by atoms with Crippen molar-refractivity contribution in [2.75, 3.05) is 26.9 Å². The summed E-state index contributed by atoms with van der Waals surface area (Å²) in [5.74, 6) is 0.775. The Kier molecular flexibility index (Phi) is 7.88. The number of urea groups is 1. The van der Waals surface area contributed by atoms with Crippen LogP contribution in [0.25, 0.3) is 10.9 Å². The SMILES string of the molecule is CCOc1ccc2nc(Cl)c(CN(CCOC)C(=O)NCc3ccccc3)cc2c1. The van der Waals surface area contributed by atoms with Gasteiger partial charge in [0.1, 0.15) is 10.9 Å². The van der Waals surface area contributed by atoms with E-state index in [4.69, 9.17) is 21.1 Å². The van der Waals surface area contributed by atoms with E-state index >= 15 is 0 Å². The normalized spacial score (nSPS) is 10.8. The summed E-state index contributed by atoms with van der Waals surface area (Å²) in [6, 6.07) is 17.2. The molecule has 0 aliphatic carbocycles. The van der Waals surface area contributed by atoms with E-state index < -0.39 is 0 Å². The molecule has 0 aliphatic rings. The molecule has 2 aromatic carbocycles. The first-order valence-corrected chi connectivity index (χ1v) is 10.3. The van der Waals surface area contributed by atoms with Crippen LogP contribution in [0.3, 0.4) is 0 Å². The number of halogens is 1. The van der Waals surface area contributed by atoms with Gasteiger partial charge in [0.2, 0.25) is 0 Å². The molecule has 158 valence electrons. The molecule has 2 amide bonds. The number of nitrogens with one attached hydrogen (secondary N) is 1. The van der Waals surface area contributed by atoms with E-state index in [2.05, 4.69) is 10.3 Å². The van der Waals surface area contributed by atoms with Crippen molar-refractivity contribution in [2.45, 2.75) is 20.0 Å². The van der Waals surface area contributed by atoms with Crippen molar-refractivity contribution in [3.8, 4) is 5.75 Å². The first-order chi connectivity index (χ1) is 14.6. The molecule has 0 unspecified atom stereocenters. The Morgan fingerprint density at radius 1 is 1.17 bits per heavy atom. The number of nitrogens with zero attached hydrogens (tertiary/aromatic N) is 2. The second-order valence-corrected chi connectivity index (χ2v) is 7.14. The van der Waals surface area contributed by atoms with Crippen molar-refractivity contribution in [1.82, 2.24) is 15.2 Å². The highest BCUT2D eigenvalue weighted by molar-refractivity contribution is 6.30. The third kappa shape index (κ3) is 5.84. The molecule has 0 saturated carbocycles. The molecular weight excluding hydrogens is 402 g/mol. The standard InChI is InChI=1S/C23H26ClN3O3/c1-3-30-20-9-10-21-18(14-20)13-19(22(24)26-21)16-27(11-12-29-2)23(28)25-15-17-7-5-4-6-8-17/h4-10,13-14H,3,11-12,15-16H2,1-2H3,(H,25,28). The lowest BCUT2D eigenvalue weighted by Gasteiger charge is -2.23. The molecule has 3 aromatic rings. The molecule has 7 heteroatoms. The van der Waals surface area contributed by atoms with Crippen LogP contribution < -0.4 is 10.1 Å². The first-order valence-electron chi connectivity index (χ1n) is 9.88. The van der Waals surface area contributed by atoms with Crippen molar-refractivity contribution >= 4 is 28.5 Å². The lowest BCUT2D eigenvalue weighted by Crippen LogP contribution is -2.41. The van der Waals surface area contributed by atoms with Crippen LogP contribution in [0, 0.1) is 0 Å². The number of carbonyl (C=O) groups excluding carboxylic acids is 1. The van der Waals surface area contributed by atoms with Crippen molar-refractivity contribution in [2.24, 2.45) is 0 Å². The predicted octanol–water partition coefficient (Wildman–Crippen LogP) is 4.65.